The first-order chi connectivity index (χ1) is 7.88. The van der Waals surface area contributed by atoms with Gasteiger partial charge < -0.3 is 5.32 Å². The van der Waals surface area contributed by atoms with E-state index >= 15 is 0 Å². The molecule has 4 heteroatoms. The lowest BCUT2D eigenvalue weighted by Gasteiger charge is -2.28. The largest absolute Gasteiger partial charge is 0.310 e. The van der Waals surface area contributed by atoms with Gasteiger partial charge in [-0.2, -0.15) is 11.8 Å². The van der Waals surface area contributed by atoms with Crippen LogP contribution in [0.4, 0.5) is 0 Å². The summed E-state index contributed by atoms with van der Waals surface area (Å²) in [5, 5.41) is 4.48. The lowest BCUT2D eigenvalue weighted by molar-refractivity contribution is 0.378. The van der Waals surface area contributed by atoms with Gasteiger partial charge in [-0.3, -0.25) is 0 Å². The molecule has 0 aromatic carbocycles. The van der Waals surface area contributed by atoms with E-state index in [2.05, 4.69) is 21.5 Å². The van der Waals surface area contributed by atoms with Crippen molar-refractivity contribution in [1.82, 2.24) is 15.3 Å². The molecule has 0 atom stereocenters. The van der Waals surface area contributed by atoms with Gasteiger partial charge in [0.25, 0.3) is 0 Å². The van der Waals surface area contributed by atoms with E-state index in [-0.39, 0.29) is 0 Å². The average Bonchev–Trinajstić information content (AvgIpc) is 2.38. The molecule has 16 heavy (non-hydrogen) atoms. The first-order valence-electron chi connectivity index (χ1n) is 5.88. The standard InChI is InChI=1S/C12H19N3S/c1-16-12-4-2-11(3-5-12)15-8-10-6-13-9-14-7-10/h6-7,9,11-12,15H,2-5,8H2,1H3. The molecule has 0 saturated heterocycles. The first kappa shape index (κ1) is 11.9. The Morgan fingerprint density at radius 2 is 1.94 bits per heavy atom. The number of thioether (sulfide) groups is 1. The van der Waals surface area contributed by atoms with Crippen LogP contribution < -0.4 is 5.32 Å². The third-order valence-corrected chi connectivity index (χ3v) is 4.35. The molecule has 0 unspecified atom stereocenters. The van der Waals surface area contributed by atoms with Crippen LogP contribution in [-0.2, 0) is 6.54 Å². The van der Waals surface area contributed by atoms with Crippen molar-refractivity contribution in [2.45, 2.75) is 43.5 Å². The smallest absolute Gasteiger partial charge is 0.115 e. The Balaban J connectivity index is 1.72. The van der Waals surface area contributed by atoms with Crippen LogP contribution in [0.5, 0.6) is 0 Å². The molecule has 1 heterocycles. The van der Waals surface area contributed by atoms with Crippen molar-refractivity contribution in [2.24, 2.45) is 0 Å². The molecule has 0 amide bonds. The molecule has 1 fully saturated rings. The predicted octanol–water partition coefficient (Wildman–Crippen LogP) is 2.24. The summed E-state index contributed by atoms with van der Waals surface area (Å²) < 4.78 is 0. The summed E-state index contributed by atoms with van der Waals surface area (Å²) in [5.41, 5.74) is 1.18. The summed E-state index contributed by atoms with van der Waals surface area (Å²) in [6.45, 7) is 0.898. The van der Waals surface area contributed by atoms with Gasteiger partial charge in [0.2, 0.25) is 0 Å². The lowest BCUT2D eigenvalue weighted by Crippen LogP contribution is -2.33. The van der Waals surface area contributed by atoms with E-state index < -0.39 is 0 Å². The summed E-state index contributed by atoms with van der Waals surface area (Å²) in [5.74, 6) is 0. The van der Waals surface area contributed by atoms with Crippen molar-refractivity contribution in [1.29, 1.82) is 0 Å². The Hall–Kier alpha value is -0.610. The molecule has 0 bridgehead atoms. The van der Waals surface area contributed by atoms with Crippen LogP contribution in [0.25, 0.3) is 0 Å². The van der Waals surface area contributed by atoms with E-state index in [1.54, 1.807) is 6.33 Å². The zero-order valence-corrected chi connectivity index (χ0v) is 10.5. The topological polar surface area (TPSA) is 37.8 Å². The van der Waals surface area contributed by atoms with Gasteiger partial charge in [-0.25, -0.2) is 9.97 Å². The SMILES string of the molecule is CSC1CCC(NCc2cncnc2)CC1. The second-order valence-corrected chi connectivity index (χ2v) is 5.48. The van der Waals surface area contributed by atoms with Gasteiger partial charge in [0, 0.05) is 35.8 Å². The highest BCUT2D eigenvalue weighted by molar-refractivity contribution is 7.99. The maximum Gasteiger partial charge on any atom is 0.115 e. The minimum Gasteiger partial charge on any atom is -0.310 e. The fourth-order valence-electron chi connectivity index (χ4n) is 2.19. The minimum absolute atomic E-state index is 0.684. The highest BCUT2D eigenvalue weighted by Gasteiger charge is 2.19. The summed E-state index contributed by atoms with van der Waals surface area (Å²) in [4.78, 5) is 8.04. The number of hydrogen-bond acceptors (Lipinski definition) is 4. The summed E-state index contributed by atoms with van der Waals surface area (Å²) in [6, 6.07) is 0.684. The number of nitrogens with zero attached hydrogens (tertiary/aromatic N) is 2. The summed E-state index contributed by atoms with van der Waals surface area (Å²) in [6.07, 6.45) is 12.9. The second-order valence-electron chi connectivity index (χ2n) is 4.34. The molecule has 88 valence electrons. The Labute approximate surface area is 101 Å². The Morgan fingerprint density at radius 3 is 2.56 bits per heavy atom. The summed E-state index contributed by atoms with van der Waals surface area (Å²) in [7, 11) is 0. The zero-order valence-electron chi connectivity index (χ0n) is 9.72. The molecule has 0 aliphatic heterocycles. The predicted molar refractivity (Wildman–Crippen MR) is 68.4 cm³/mol. The average molecular weight is 237 g/mol. The van der Waals surface area contributed by atoms with Crippen LogP contribution in [0.2, 0.25) is 0 Å². The highest BCUT2D eigenvalue weighted by atomic mass is 32.2. The minimum atomic E-state index is 0.684. The van der Waals surface area contributed by atoms with Crippen LogP contribution in [0.3, 0.4) is 0 Å². The molecule has 3 nitrogen and oxygen atoms in total. The molecular weight excluding hydrogens is 218 g/mol. The van der Waals surface area contributed by atoms with Crippen molar-refractivity contribution >= 4 is 11.8 Å². The molecule has 2 rings (SSSR count). The highest BCUT2D eigenvalue weighted by Crippen LogP contribution is 2.26. The normalized spacial score (nSPS) is 25.6. The summed E-state index contributed by atoms with van der Waals surface area (Å²) >= 11 is 2.01. The number of aromatic nitrogens is 2. The third kappa shape index (κ3) is 3.46. The molecule has 1 aliphatic rings. The maximum absolute atomic E-state index is 4.02. The molecular formula is C12H19N3S. The van der Waals surface area contributed by atoms with Crippen LogP contribution in [-0.4, -0.2) is 27.5 Å². The van der Waals surface area contributed by atoms with Gasteiger partial charge in [-0.1, -0.05) is 0 Å². The van der Waals surface area contributed by atoms with Gasteiger partial charge in [0.05, 0.1) is 0 Å². The molecule has 0 spiro atoms. The van der Waals surface area contributed by atoms with Crippen LogP contribution in [0.1, 0.15) is 31.2 Å². The van der Waals surface area contributed by atoms with E-state index in [0.29, 0.717) is 6.04 Å². The third-order valence-electron chi connectivity index (χ3n) is 3.22. The Morgan fingerprint density at radius 1 is 1.25 bits per heavy atom. The lowest BCUT2D eigenvalue weighted by atomic mass is 9.95. The molecule has 1 N–H and O–H groups in total. The number of hydrogen-bond donors (Lipinski definition) is 1. The van der Waals surface area contributed by atoms with E-state index in [1.165, 1.54) is 31.2 Å². The maximum atomic E-state index is 4.02. The monoisotopic (exact) mass is 237 g/mol. The number of rotatable bonds is 4. The van der Waals surface area contributed by atoms with Crippen molar-refractivity contribution in [3.63, 3.8) is 0 Å². The molecule has 1 saturated carbocycles. The van der Waals surface area contributed by atoms with Crippen LogP contribution >= 0.6 is 11.8 Å². The molecule has 1 aromatic heterocycles. The zero-order chi connectivity index (χ0) is 11.2. The van der Waals surface area contributed by atoms with Crippen LogP contribution in [0, 0.1) is 0 Å². The fraction of sp³-hybridized carbons (Fsp3) is 0.667. The Bertz CT molecular complexity index is 296. The van der Waals surface area contributed by atoms with Gasteiger partial charge in [-0.15, -0.1) is 0 Å². The quantitative estimate of drug-likeness (QED) is 0.871. The van der Waals surface area contributed by atoms with Crippen molar-refractivity contribution in [2.75, 3.05) is 6.26 Å². The molecule has 1 aromatic rings. The van der Waals surface area contributed by atoms with Gasteiger partial charge in [-0.05, 0) is 31.9 Å². The first-order valence-corrected chi connectivity index (χ1v) is 7.17. The Kier molecular flexibility index (Phi) is 4.60. The van der Waals surface area contributed by atoms with Gasteiger partial charge in [0.1, 0.15) is 6.33 Å². The van der Waals surface area contributed by atoms with Gasteiger partial charge in [0.15, 0.2) is 0 Å². The van der Waals surface area contributed by atoms with E-state index in [4.69, 9.17) is 0 Å². The fourth-order valence-corrected chi connectivity index (χ4v) is 2.93. The van der Waals surface area contributed by atoms with Crippen molar-refractivity contribution in [3.05, 3.63) is 24.3 Å². The van der Waals surface area contributed by atoms with Crippen LogP contribution in [0.15, 0.2) is 18.7 Å². The molecule has 1 aliphatic carbocycles. The van der Waals surface area contributed by atoms with E-state index in [0.717, 1.165) is 11.8 Å². The van der Waals surface area contributed by atoms with E-state index in [1.807, 2.05) is 24.2 Å². The van der Waals surface area contributed by atoms with Crippen molar-refractivity contribution in [3.8, 4) is 0 Å². The van der Waals surface area contributed by atoms with E-state index in [9.17, 15) is 0 Å². The van der Waals surface area contributed by atoms with Crippen molar-refractivity contribution < 1.29 is 0 Å². The number of nitrogens with one attached hydrogen (secondary N) is 1. The molecule has 0 radical (unpaired) electrons. The van der Waals surface area contributed by atoms with Gasteiger partial charge >= 0.3 is 0 Å². The second kappa shape index (κ2) is 6.21.